The number of phenolic OH excluding ortho intramolecular Hbond substituents is 1. The van der Waals surface area contributed by atoms with Crippen LogP contribution < -0.4 is 16.6 Å². The predicted octanol–water partition coefficient (Wildman–Crippen LogP) is 1.73. The summed E-state index contributed by atoms with van der Waals surface area (Å²) in [7, 11) is 2.78. The van der Waals surface area contributed by atoms with Crippen LogP contribution in [0.1, 0.15) is 37.8 Å². The molecule has 1 aromatic heterocycles. The molecule has 0 fully saturated rings. The highest BCUT2D eigenvalue weighted by Gasteiger charge is 2.38. The van der Waals surface area contributed by atoms with Gasteiger partial charge in [-0.2, -0.15) is 0 Å². The van der Waals surface area contributed by atoms with Gasteiger partial charge in [-0.05, 0) is 24.5 Å². The van der Waals surface area contributed by atoms with E-state index in [9.17, 15) is 29.6 Å². The first-order valence-corrected chi connectivity index (χ1v) is 9.87. The number of ether oxygens (including phenoxy) is 1. The Morgan fingerprint density at radius 2 is 1.94 bits per heavy atom. The fourth-order valence-electron chi connectivity index (χ4n) is 3.68. The number of benzene rings is 1. The van der Waals surface area contributed by atoms with Crippen molar-refractivity contribution in [1.29, 1.82) is 0 Å². The smallest absolute Gasteiger partial charge is 0.336 e. The maximum atomic E-state index is 13.1. The lowest BCUT2D eigenvalue weighted by Crippen LogP contribution is -2.43. The summed E-state index contributed by atoms with van der Waals surface area (Å²) in [6.07, 6.45) is 0. The number of fused-ring (bicyclic) bond motifs is 1. The number of carbonyl (C=O) groups is 1. The Labute approximate surface area is 182 Å². The standard InChI is InChI=1S/C21H24N4O7/c1-10(2)9-32-20(28)15-11(3)22-18-17(19(27)24(5)21(29)23(18)4)16(15)12-6-7-14(26)13(8-12)25(30)31/h6-8,10,16,22,26H,9H2,1-5H3. The number of aromatic nitrogens is 2. The number of nitro benzene ring substituents is 1. The summed E-state index contributed by atoms with van der Waals surface area (Å²) in [6, 6.07) is 3.65. The Morgan fingerprint density at radius 3 is 2.53 bits per heavy atom. The molecule has 0 aliphatic carbocycles. The fourth-order valence-corrected chi connectivity index (χ4v) is 3.68. The van der Waals surface area contributed by atoms with Crippen molar-refractivity contribution in [2.45, 2.75) is 26.7 Å². The molecule has 1 aliphatic heterocycles. The van der Waals surface area contributed by atoms with Crippen LogP contribution in [0.4, 0.5) is 11.5 Å². The summed E-state index contributed by atoms with van der Waals surface area (Å²) >= 11 is 0. The van der Waals surface area contributed by atoms with Crippen LogP contribution in [0.25, 0.3) is 0 Å². The van der Waals surface area contributed by atoms with Crippen LogP contribution >= 0.6 is 0 Å². The lowest BCUT2D eigenvalue weighted by Gasteiger charge is -2.31. The molecule has 0 radical (unpaired) electrons. The van der Waals surface area contributed by atoms with E-state index in [0.29, 0.717) is 5.70 Å². The van der Waals surface area contributed by atoms with Gasteiger partial charge in [0.15, 0.2) is 5.75 Å². The molecule has 11 nitrogen and oxygen atoms in total. The lowest BCUT2D eigenvalue weighted by molar-refractivity contribution is -0.385. The van der Waals surface area contributed by atoms with Crippen molar-refractivity contribution in [2.75, 3.05) is 11.9 Å². The van der Waals surface area contributed by atoms with E-state index in [1.165, 1.54) is 24.7 Å². The van der Waals surface area contributed by atoms with Crippen LogP contribution in [0.15, 0.2) is 39.1 Å². The molecule has 11 heteroatoms. The summed E-state index contributed by atoms with van der Waals surface area (Å²) in [5.41, 5.74) is -1.07. The van der Waals surface area contributed by atoms with Gasteiger partial charge in [-0.3, -0.25) is 24.0 Å². The maximum Gasteiger partial charge on any atom is 0.336 e. The van der Waals surface area contributed by atoms with Gasteiger partial charge in [0, 0.05) is 25.9 Å². The number of nitrogens with zero attached hydrogens (tertiary/aromatic N) is 3. The van der Waals surface area contributed by atoms with Gasteiger partial charge in [0.05, 0.1) is 28.6 Å². The van der Waals surface area contributed by atoms with Gasteiger partial charge >= 0.3 is 17.3 Å². The molecular weight excluding hydrogens is 420 g/mol. The Hall–Kier alpha value is -3.89. The fraction of sp³-hybridized carbons (Fsp3) is 0.381. The third kappa shape index (κ3) is 3.77. The van der Waals surface area contributed by atoms with Crippen LogP contribution in [-0.4, -0.2) is 31.7 Å². The number of hydrogen-bond donors (Lipinski definition) is 2. The molecule has 2 aromatic rings. The largest absolute Gasteiger partial charge is 0.502 e. The van der Waals surface area contributed by atoms with Gasteiger partial charge in [0.25, 0.3) is 5.56 Å². The predicted molar refractivity (Wildman–Crippen MR) is 116 cm³/mol. The van der Waals surface area contributed by atoms with Crippen molar-refractivity contribution in [3.8, 4) is 5.75 Å². The van der Waals surface area contributed by atoms with E-state index in [1.54, 1.807) is 6.92 Å². The number of rotatable bonds is 5. The van der Waals surface area contributed by atoms with Crippen molar-refractivity contribution < 1.29 is 19.6 Å². The Bertz CT molecular complexity index is 1270. The Kier molecular flexibility index (Phi) is 5.93. The molecule has 0 saturated heterocycles. The van der Waals surface area contributed by atoms with Crippen LogP contribution in [0, 0.1) is 16.0 Å². The van der Waals surface area contributed by atoms with Crippen molar-refractivity contribution in [3.63, 3.8) is 0 Å². The van der Waals surface area contributed by atoms with Crippen LogP contribution in [-0.2, 0) is 23.6 Å². The molecule has 1 atom stereocenters. The second-order valence-electron chi connectivity index (χ2n) is 8.06. The molecule has 170 valence electrons. The minimum atomic E-state index is -1.06. The zero-order valence-electron chi connectivity index (χ0n) is 18.3. The van der Waals surface area contributed by atoms with Crippen molar-refractivity contribution in [2.24, 2.45) is 20.0 Å². The highest BCUT2D eigenvalue weighted by molar-refractivity contribution is 5.94. The summed E-state index contributed by atoms with van der Waals surface area (Å²) < 4.78 is 7.55. The Morgan fingerprint density at radius 1 is 1.28 bits per heavy atom. The average molecular weight is 444 g/mol. The van der Waals surface area contributed by atoms with E-state index in [0.717, 1.165) is 16.7 Å². The number of nitrogens with one attached hydrogen (secondary N) is 1. The minimum absolute atomic E-state index is 0.0607. The monoisotopic (exact) mass is 444 g/mol. The molecule has 0 amide bonds. The van der Waals surface area contributed by atoms with Gasteiger partial charge < -0.3 is 15.2 Å². The van der Waals surface area contributed by atoms with E-state index >= 15 is 0 Å². The SMILES string of the molecule is CC1=C(C(=O)OCC(C)C)C(c2ccc(O)c([N+](=O)[O-])c2)c2c(n(C)c(=O)n(C)c2=O)N1. The van der Waals surface area contributed by atoms with Gasteiger partial charge in [-0.25, -0.2) is 9.59 Å². The number of allylic oxidation sites excluding steroid dienone is 1. The van der Waals surface area contributed by atoms with E-state index in [2.05, 4.69) is 5.32 Å². The van der Waals surface area contributed by atoms with Crippen LogP contribution in [0.5, 0.6) is 5.75 Å². The maximum absolute atomic E-state index is 13.1. The Balaban J connectivity index is 2.34. The third-order valence-corrected chi connectivity index (χ3v) is 5.28. The molecule has 0 bridgehead atoms. The number of phenols is 1. The summed E-state index contributed by atoms with van der Waals surface area (Å²) in [5, 5.41) is 24.2. The molecule has 2 N–H and O–H groups in total. The average Bonchev–Trinajstić information content (AvgIpc) is 2.73. The molecule has 0 spiro atoms. The second kappa shape index (κ2) is 8.33. The van der Waals surface area contributed by atoms with Crippen molar-refractivity contribution >= 4 is 17.5 Å². The van der Waals surface area contributed by atoms with Gasteiger partial charge in [-0.15, -0.1) is 0 Å². The first kappa shape index (κ1) is 22.8. The number of anilines is 1. The summed E-state index contributed by atoms with van der Waals surface area (Å²) in [4.78, 5) is 49.3. The number of esters is 1. The molecule has 32 heavy (non-hydrogen) atoms. The number of aromatic hydroxyl groups is 1. The molecule has 2 heterocycles. The zero-order valence-corrected chi connectivity index (χ0v) is 18.3. The lowest BCUT2D eigenvalue weighted by atomic mass is 9.82. The molecular formula is C21H24N4O7. The number of hydrogen-bond acceptors (Lipinski definition) is 8. The van der Waals surface area contributed by atoms with Crippen molar-refractivity contribution in [3.05, 3.63) is 71.5 Å². The summed E-state index contributed by atoms with van der Waals surface area (Å²) in [5.74, 6) is -2.06. The first-order chi connectivity index (χ1) is 15.0. The molecule has 1 unspecified atom stereocenters. The minimum Gasteiger partial charge on any atom is -0.502 e. The second-order valence-corrected chi connectivity index (χ2v) is 8.06. The van der Waals surface area contributed by atoms with Crippen LogP contribution in [0.3, 0.4) is 0 Å². The normalized spacial score (nSPS) is 15.4. The van der Waals surface area contributed by atoms with Gasteiger partial charge in [-0.1, -0.05) is 19.9 Å². The molecule has 1 aliphatic rings. The number of carbonyl (C=O) groups excluding carboxylic acids is 1. The van der Waals surface area contributed by atoms with Crippen molar-refractivity contribution in [1.82, 2.24) is 9.13 Å². The van der Waals surface area contributed by atoms with E-state index in [-0.39, 0.29) is 35.0 Å². The van der Waals surface area contributed by atoms with E-state index < -0.39 is 39.5 Å². The highest BCUT2D eigenvalue weighted by atomic mass is 16.6. The molecule has 0 saturated carbocycles. The summed E-state index contributed by atoms with van der Waals surface area (Å²) in [6.45, 7) is 5.47. The highest BCUT2D eigenvalue weighted by Crippen LogP contribution is 2.42. The number of nitro groups is 1. The molecule has 1 aromatic carbocycles. The molecule has 3 rings (SSSR count). The van der Waals surface area contributed by atoms with Gasteiger partial charge in [0.2, 0.25) is 0 Å². The third-order valence-electron chi connectivity index (χ3n) is 5.28. The first-order valence-electron chi connectivity index (χ1n) is 9.87. The quantitative estimate of drug-likeness (QED) is 0.403. The van der Waals surface area contributed by atoms with Crippen LogP contribution in [0.2, 0.25) is 0 Å². The topological polar surface area (TPSA) is 146 Å². The zero-order chi connectivity index (χ0) is 23.9. The van der Waals surface area contributed by atoms with E-state index in [1.807, 2.05) is 13.8 Å². The van der Waals surface area contributed by atoms with Gasteiger partial charge in [0.1, 0.15) is 5.82 Å². The van der Waals surface area contributed by atoms with E-state index in [4.69, 9.17) is 4.74 Å².